The average Bonchev–Trinajstić information content (AvgIpc) is 2.85. The Bertz CT molecular complexity index is 485. The lowest BCUT2D eigenvalue weighted by Gasteiger charge is -2.39. The fourth-order valence-electron chi connectivity index (χ4n) is 3.76. The van der Waals surface area contributed by atoms with E-state index in [0.29, 0.717) is 12.3 Å². The number of fused-ring (bicyclic) bond motifs is 2. The number of hydrogen-bond donors (Lipinski definition) is 1. The van der Waals surface area contributed by atoms with Gasteiger partial charge in [-0.25, -0.2) is 0 Å². The molecule has 0 aromatic heterocycles. The summed E-state index contributed by atoms with van der Waals surface area (Å²) in [6.07, 6.45) is 3.71. The zero-order valence-corrected chi connectivity index (χ0v) is 11.4. The van der Waals surface area contributed by atoms with Crippen molar-refractivity contribution < 1.29 is 9.53 Å². The first kappa shape index (κ1) is 12.7. The van der Waals surface area contributed by atoms with E-state index in [4.69, 9.17) is 4.74 Å². The zero-order chi connectivity index (χ0) is 13.3. The van der Waals surface area contributed by atoms with Gasteiger partial charge >= 0.3 is 5.97 Å². The zero-order valence-electron chi connectivity index (χ0n) is 11.4. The maximum Gasteiger partial charge on any atom is 0.305 e. The molecule has 2 aliphatic rings. The first-order valence-corrected chi connectivity index (χ1v) is 7.08. The van der Waals surface area contributed by atoms with E-state index < -0.39 is 0 Å². The van der Waals surface area contributed by atoms with Crippen molar-refractivity contribution in [2.75, 3.05) is 20.2 Å². The highest BCUT2D eigenvalue weighted by atomic mass is 16.5. The minimum absolute atomic E-state index is 0.0844. The molecule has 0 spiro atoms. The number of carbonyl (C=O) groups excluding carboxylic acids is 1. The number of esters is 1. The number of hydrogen-bond acceptors (Lipinski definition) is 3. The van der Waals surface area contributed by atoms with Gasteiger partial charge in [-0.05, 0) is 48.3 Å². The maximum atomic E-state index is 11.4. The molecule has 2 atom stereocenters. The molecule has 1 heterocycles. The summed E-state index contributed by atoms with van der Waals surface area (Å²) in [6, 6.07) is 8.74. The van der Waals surface area contributed by atoms with Crippen LogP contribution in [0.5, 0.6) is 0 Å². The lowest BCUT2D eigenvalue weighted by molar-refractivity contribution is -0.141. The molecule has 1 aromatic carbocycles. The van der Waals surface area contributed by atoms with Gasteiger partial charge < -0.3 is 10.1 Å². The second-order valence-electron chi connectivity index (χ2n) is 5.92. The summed E-state index contributed by atoms with van der Waals surface area (Å²) in [5.41, 5.74) is 3.21. The van der Waals surface area contributed by atoms with E-state index in [1.807, 2.05) is 0 Å². The van der Waals surface area contributed by atoms with Gasteiger partial charge in [0.2, 0.25) is 0 Å². The summed E-state index contributed by atoms with van der Waals surface area (Å²) in [5, 5.41) is 3.53. The summed E-state index contributed by atoms with van der Waals surface area (Å²) in [7, 11) is 1.47. The first-order chi connectivity index (χ1) is 9.23. The van der Waals surface area contributed by atoms with Crippen LogP contribution in [0.25, 0.3) is 0 Å². The number of benzene rings is 1. The monoisotopic (exact) mass is 259 g/mol. The molecule has 1 aliphatic heterocycles. The largest absolute Gasteiger partial charge is 0.469 e. The van der Waals surface area contributed by atoms with Crippen molar-refractivity contribution in [2.45, 2.75) is 25.7 Å². The van der Waals surface area contributed by atoms with Gasteiger partial charge in [-0.2, -0.15) is 0 Å². The lowest BCUT2D eigenvalue weighted by Crippen LogP contribution is -2.38. The van der Waals surface area contributed by atoms with Crippen LogP contribution in [0, 0.1) is 11.3 Å². The van der Waals surface area contributed by atoms with Crippen molar-refractivity contribution in [3.05, 3.63) is 35.4 Å². The van der Waals surface area contributed by atoms with E-state index in [-0.39, 0.29) is 11.4 Å². The Morgan fingerprint density at radius 3 is 3.00 bits per heavy atom. The van der Waals surface area contributed by atoms with Crippen molar-refractivity contribution >= 4 is 5.97 Å². The highest BCUT2D eigenvalue weighted by Crippen LogP contribution is 2.45. The van der Waals surface area contributed by atoms with Gasteiger partial charge in [0.25, 0.3) is 0 Å². The molecule has 0 saturated carbocycles. The number of rotatable bonds is 3. The highest BCUT2D eigenvalue weighted by Gasteiger charge is 2.45. The third-order valence-electron chi connectivity index (χ3n) is 4.92. The van der Waals surface area contributed by atoms with Crippen molar-refractivity contribution in [3.8, 4) is 0 Å². The van der Waals surface area contributed by atoms with Gasteiger partial charge in [-0.1, -0.05) is 24.3 Å². The molecular formula is C16H21NO2. The van der Waals surface area contributed by atoms with Crippen LogP contribution in [-0.2, 0) is 22.4 Å². The van der Waals surface area contributed by atoms with E-state index in [0.717, 1.165) is 32.4 Å². The van der Waals surface area contributed by atoms with E-state index in [1.165, 1.54) is 18.2 Å². The molecule has 1 N–H and O–H groups in total. The van der Waals surface area contributed by atoms with Crippen LogP contribution >= 0.6 is 0 Å². The van der Waals surface area contributed by atoms with Crippen molar-refractivity contribution in [3.63, 3.8) is 0 Å². The van der Waals surface area contributed by atoms with E-state index >= 15 is 0 Å². The second kappa shape index (κ2) is 4.97. The third-order valence-corrected chi connectivity index (χ3v) is 4.92. The van der Waals surface area contributed by atoms with Crippen LogP contribution in [0.2, 0.25) is 0 Å². The molecule has 2 unspecified atom stereocenters. The molecule has 1 fully saturated rings. The van der Waals surface area contributed by atoms with Crippen LogP contribution in [0.15, 0.2) is 24.3 Å². The Morgan fingerprint density at radius 1 is 1.42 bits per heavy atom. The predicted octanol–water partition coefficient (Wildman–Crippen LogP) is 1.94. The van der Waals surface area contributed by atoms with Crippen molar-refractivity contribution in [2.24, 2.45) is 11.3 Å². The topological polar surface area (TPSA) is 38.3 Å². The number of carbonyl (C=O) groups is 1. The predicted molar refractivity (Wildman–Crippen MR) is 73.9 cm³/mol. The van der Waals surface area contributed by atoms with E-state index in [2.05, 4.69) is 29.6 Å². The number of nitrogens with one attached hydrogen (secondary N) is 1. The van der Waals surface area contributed by atoms with Crippen LogP contribution in [-0.4, -0.2) is 26.2 Å². The van der Waals surface area contributed by atoms with Gasteiger partial charge in [-0.15, -0.1) is 0 Å². The highest BCUT2D eigenvalue weighted by molar-refractivity contribution is 5.69. The SMILES string of the molecule is COC(=O)CCC12CNCC1Cc1ccccc1C2. The van der Waals surface area contributed by atoms with Crippen LogP contribution in [0.4, 0.5) is 0 Å². The molecule has 0 radical (unpaired) electrons. The Kier molecular flexibility index (Phi) is 3.31. The van der Waals surface area contributed by atoms with Gasteiger partial charge in [-0.3, -0.25) is 4.79 Å². The quantitative estimate of drug-likeness (QED) is 0.843. The molecule has 3 heteroatoms. The van der Waals surface area contributed by atoms with E-state index in [9.17, 15) is 4.79 Å². The Balaban J connectivity index is 1.81. The standard InChI is InChI=1S/C16H21NO2/c1-19-15(18)6-7-16-9-13-5-3-2-4-12(13)8-14(16)10-17-11-16/h2-5,14,17H,6-11H2,1H3. The first-order valence-electron chi connectivity index (χ1n) is 7.08. The molecular weight excluding hydrogens is 238 g/mol. The van der Waals surface area contributed by atoms with Gasteiger partial charge in [0.15, 0.2) is 0 Å². The van der Waals surface area contributed by atoms with Gasteiger partial charge in [0.1, 0.15) is 0 Å². The van der Waals surface area contributed by atoms with E-state index in [1.54, 1.807) is 0 Å². The smallest absolute Gasteiger partial charge is 0.305 e. The molecule has 19 heavy (non-hydrogen) atoms. The molecule has 1 saturated heterocycles. The van der Waals surface area contributed by atoms with Crippen molar-refractivity contribution in [1.29, 1.82) is 0 Å². The summed E-state index contributed by atoms with van der Waals surface area (Å²) in [4.78, 5) is 11.4. The van der Waals surface area contributed by atoms with Crippen LogP contribution < -0.4 is 5.32 Å². The molecule has 0 amide bonds. The fraction of sp³-hybridized carbons (Fsp3) is 0.562. The molecule has 0 bridgehead atoms. The summed E-state index contributed by atoms with van der Waals surface area (Å²) in [6.45, 7) is 2.11. The summed E-state index contributed by atoms with van der Waals surface area (Å²) >= 11 is 0. The lowest BCUT2D eigenvalue weighted by atomic mass is 9.64. The normalized spacial score (nSPS) is 28.6. The molecule has 1 aliphatic carbocycles. The minimum Gasteiger partial charge on any atom is -0.469 e. The Labute approximate surface area is 114 Å². The summed E-state index contributed by atoms with van der Waals surface area (Å²) in [5.74, 6) is 0.575. The van der Waals surface area contributed by atoms with Crippen molar-refractivity contribution in [1.82, 2.24) is 5.32 Å². The van der Waals surface area contributed by atoms with Crippen LogP contribution in [0.3, 0.4) is 0 Å². The minimum atomic E-state index is -0.0844. The average molecular weight is 259 g/mol. The summed E-state index contributed by atoms with van der Waals surface area (Å²) < 4.78 is 4.80. The molecule has 3 nitrogen and oxygen atoms in total. The Morgan fingerprint density at radius 2 is 2.21 bits per heavy atom. The fourth-order valence-corrected chi connectivity index (χ4v) is 3.76. The number of ether oxygens (including phenoxy) is 1. The molecule has 1 aromatic rings. The maximum absolute atomic E-state index is 11.4. The van der Waals surface area contributed by atoms with Gasteiger partial charge in [0, 0.05) is 13.0 Å². The molecule has 102 valence electrons. The number of methoxy groups -OCH3 is 1. The third kappa shape index (κ3) is 2.27. The van der Waals surface area contributed by atoms with Gasteiger partial charge in [0.05, 0.1) is 7.11 Å². The second-order valence-corrected chi connectivity index (χ2v) is 5.92. The van der Waals surface area contributed by atoms with Crippen LogP contribution in [0.1, 0.15) is 24.0 Å². The molecule has 3 rings (SSSR count). The Hall–Kier alpha value is -1.35.